The largest absolute Gasteiger partial charge is 0.489 e. The first-order valence-electron chi connectivity index (χ1n) is 12.6. The number of nitrogens with one attached hydrogen (secondary N) is 1. The molecule has 0 saturated carbocycles. The van der Waals surface area contributed by atoms with Gasteiger partial charge in [0, 0.05) is 12.0 Å². The Labute approximate surface area is 225 Å². The molecule has 3 aromatic carbocycles. The van der Waals surface area contributed by atoms with E-state index in [0.717, 1.165) is 16.7 Å². The number of carboxylic acids is 1. The van der Waals surface area contributed by atoms with Crippen molar-refractivity contribution in [2.45, 2.75) is 32.8 Å². The second kappa shape index (κ2) is 11.3. The molecule has 1 amide bonds. The molecule has 200 valence electrons. The van der Waals surface area contributed by atoms with E-state index in [1.807, 2.05) is 54.6 Å². The van der Waals surface area contributed by atoms with E-state index in [-0.39, 0.29) is 6.42 Å². The molecule has 0 fully saturated rings. The summed E-state index contributed by atoms with van der Waals surface area (Å²) in [6.07, 6.45) is -0.455. The number of anilines is 1. The smallest absolute Gasteiger partial charge is 0.412 e. The maximum absolute atomic E-state index is 12.8. The zero-order chi connectivity index (χ0) is 27.4. The van der Waals surface area contributed by atoms with Crippen LogP contribution in [0.25, 0.3) is 22.5 Å². The van der Waals surface area contributed by atoms with Gasteiger partial charge in [-0.3, -0.25) is 10.1 Å². The second-order valence-corrected chi connectivity index (χ2v) is 9.19. The Morgan fingerprint density at radius 1 is 0.974 bits per heavy atom. The van der Waals surface area contributed by atoms with E-state index in [4.69, 9.17) is 23.8 Å². The number of amides is 1. The van der Waals surface area contributed by atoms with Crippen molar-refractivity contribution in [1.29, 1.82) is 0 Å². The molecule has 2 heterocycles. The summed E-state index contributed by atoms with van der Waals surface area (Å²) < 4.78 is 23.5. The predicted octanol–water partition coefficient (Wildman–Crippen LogP) is 6.42. The van der Waals surface area contributed by atoms with Gasteiger partial charge < -0.3 is 23.8 Å². The lowest BCUT2D eigenvalue weighted by atomic mass is 9.98. The van der Waals surface area contributed by atoms with Crippen molar-refractivity contribution in [2.75, 3.05) is 18.5 Å². The van der Waals surface area contributed by atoms with Gasteiger partial charge in [-0.05, 0) is 42.7 Å². The van der Waals surface area contributed by atoms with Crippen LogP contribution in [0.4, 0.5) is 10.5 Å². The van der Waals surface area contributed by atoms with Crippen LogP contribution in [-0.2, 0) is 16.0 Å². The molecule has 0 radical (unpaired) electrons. The molecule has 5 rings (SSSR count). The van der Waals surface area contributed by atoms with Gasteiger partial charge in [-0.2, -0.15) is 0 Å². The quantitative estimate of drug-likeness (QED) is 0.282. The van der Waals surface area contributed by atoms with Crippen LogP contribution in [-0.4, -0.2) is 35.5 Å². The Morgan fingerprint density at radius 2 is 1.64 bits per heavy atom. The van der Waals surface area contributed by atoms with Gasteiger partial charge in [0.15, 0.2) is 17.3 Å². The van der Waals surface area contributed by atoms with Crippen molar-refractivity contribution >= 4 is 17.7 Å². The van der Waals surface area contributed by atoms with Gasteiger partial charge >= 0.3 is 12.1 Å². The molecule has 2 N–H and O–H groups in total. The average Bonchev–Trinajstić information content (AvgIpc) is 3.12. The summed E-state index contributed by atoms with van der Waals surface area (Å²) >= 11 is 0. The summed E-state index contributed by atoms with van der Waals surface area (Å²) in [5, 5.41) is 15.9. The fourth-order valence-corrected chi connectivity index (χ4v) is 4.42. The lowest BCUT2D eigenvalue weighted by molar-refractivity contribution is -0.136. The van der Waals surface area contributed by atoms with E-state index >= 15 is 0 Å². The zero-order valence-corrected chi connectivity index (χ0v) is 21.6. The van der Waals surface area contributed by atoms with Crippen molar-refractivity contribution in [3.8, 4) is 33.9 Å². The number of aliphatic carboxylic acids is 1. The highest BCUT2D eigenvalue weighted by Crippen LogP contribution is 2.48. The predicted molar refractivity (Wildman–Crippen MR) is 144 cm³/mol. The number of fused-ring (bicyclic) bond motifs is 1. The Morgan fingerprint density at radius 3 is 2.33 bits per heavy atom. The van der Waals surface area contributed by atoms with E-state index in [2.05, 4.69) is 10.5 Å². The Hall–Kier alpha value is -4.79. The third-order valence-corrected chi connectivity index (χ3v) is 6.40. The number of carbonyl (C=O) groups excluding carboxylic acids is 1. The van der Waals surface area contributed by atoms with Gasteiger partial charge in [-0.15, -0.1) is 0 Å². The number of aromatic nitrogens is 1. The van der Waals surface area contributed by atoms with Crippen molar-refractivity contribution in [3.63, 3.8) is 0 Å². The lowest BCUT2D eigenvalue weighted by Crippen LogP contribution is -2.16. The standard InChI is InChI=1S/C30H28N2O7/c1-18-26(31-30(35)38-19(2)21-7-4-3-5-8-21)27(39-32-18)24-14-13-23(28-29(24)37-16-6-15-36-28)22-11-9-20(10-12-22)17-25(33)34/h3-5,7-14,19H,6,15-17H2,1-2H3,(H,31,35)(H,33,34). The van der Waals surface area contributed by atoms with E-state index in [9.17, 15) is 9.59 Å². The van der Waals surface area contributed by atoms with Crippen LogP contribution in [0.3, 0.4) is 0 Å². The summed E-state index contributed by atoms with van der Waals surface area (Å²) in [5.41, 5.74) is 4.65. The van der Waals surface area contributed by atoms with Gasteiger partial charge in [-0.1, -0.05) is 59.8 Å². The van der Waals surface area contributed by atoms with Crippen molar-refractivity contribution in [1.82, 2.24) is 5.16 Å². The first kappa shape index (κ1) is 25.8. The molecule has 1 unspecified atom stereocenters. The molecule has 1 aliphatic rings. The molecular formula is C30H28N2O7. The fourth-order valence-electron chi connectivity index (χ4n) is 4.42. The van der Waals surface area contributed by atoms with Gasteiger partial charge in [0.25, 0.3) is 0 Å². The highest BCUT2D eigenvalue weighted by molar-refractivity contribution is 5.93. The summed E-state index contributed by atoms with van der Waals surface area (Å²) in [7, 11) is 0. The van der Waals surface area contributed by atoms with E-state index in [1.54, 1.807) is 26.0 Å². The van der Waals surface area contributed by atoms with E-state index in [1.165, 1.54) is 0 Å². The molecule has 39 heavy (non-hydrogen) atoms. The van der Waals surface area contributed by atoms with Crippen LogP contribution < -0.4 is 14.8 Å². The van der Waals surface area contributed by atoms with Crippen LogP contribution in [0.2, 0.25) is 0 Å². The third-order valence-electron chi connectivity index (χ3n) is 6.40. The van der Waals surface area contributed by atoms with Crippen LogP contribution in [0.1, 0.15) is 36.3 Å². The van der Waals surface area contributed by atoms with E-state index < -0.39 is 18.2 Å². The van der Waals surface area contributed by atoms with E-state index in [0.29, 0.717) is 59.4 Å². The summed E-state index contributed by atoms with van der Waals surface area (Å²) in [6.45, 7) is 4.43. The van der Waals surface area contributed by atoms with Crippen LogP contribution in [0.5, 0.6) is 11.5 Å². The maximum atomic E-state index is 12.8. The monoisotopic (exact) mass is 528 g/mol. The number of hydrogen-bond acceptors (Lipinski definition) is 7. The van der Waals surface area contributed by atoms with Crippen LogP contribution in [0.15, 0.2) is 71.3 Å². The minimum Gasteiger partial charge on any atom is -0.489 e. The average molecular weight is 529 g/mol. The zero-order valence-electron chi connectivity index (χ0n) is 21.6. The normalized spacial score (nSPS) is 13.3. The maximum Gasteiger partial charge on any atom is 0.412 e. The van der Waals surface area contributed by atoms with Crippen molar-refractivity contribution in [3.05, 3.63) is 83.6 Å². The molecule has 0 spiro atoms. The number of carbonyl (C=O) groups is 2. The number of benzene rings is 3. The summed E-state index contributed by atoms with van der Waals surface area (Å²) in [4.78, 5) is 23.9. The highest BCUT2D eigenvalue weighted by Gasteiger charge is 2.27. The summed E-state index contributed by atoms with van der Waals surface area (Å²) in [6, 6.07) is 20.4. The highest BCUT2D eigenvalue weighted by atomic mass is 16.6. The molecular weight excluding hydrogens is 500 g/mol. The van der Waals surface area contributed by atoms with Gasteiger partial charge in [0.2, 0.25) is 0 Å². The Kier molecular flexibility index (Phi) is 7.49. The number of ether oxygens (including phenoxy) is 3. The Bertz CT molecular complexity index is 1480. The number of carboxylic acid groups (broad SMARTS) is 1. The first-order valence-corrected chi connectivity index (χ1v) is 12.6. The number of aryl methyl sites for hydroxylation is 1. The minimum atomic E-state index is -0.886. The van der Waals surface area contributed by atoms with Gasteiger partial charge in [0.05, 0.1) is 25.2 Å². The number of hydrogen-bond donors (Lipinski definition) is 2. The number of rotatable bonds is 7. The minimum absolute atomic E-state index is 0.0515. The van der Waals surface area contributed by atoms with Crippen LogP contribution >= 0.6 is 0 Å². The van der Waals surface area contributed by atoms with Gasteiger partial charge in [0.1, 0.15) is 17.5 Å². The number of nitrogens with zero attached hydrogens (tertiary/aromatic N) is 1. The molecule has 9 nitrogen and oxygen atoms in total. The first-order chi connectivity index (χ1) is 18.9. The molecule has 0 saturated heterocycles. The van der Waals surface area contributed by atoms with Crippen molar-refractivity contribution < 1.29 is 33.4 Å². The SMILES string of the molecule is Cc1noc(-c2ccc(-c3ccc(CC(=O)O)cc3)c3c2OCCCO3)c1NC(=O)OC(C)c1ccccc1. The summed E-state index contributed by atoms with van der Waals surface area (Å²) in [5.74, 6) is 0.450. The Balaban J connectivity index is 1.46. The topological polar surface area (TPSA) is 120 Å². The molecule has 0 bridgehead atoms. The second-order valence-electron chi connectivity index (χ2n) is 9.19. The fraction of sp³-hybridized carbons (Fsp3) is 0.233. The molecule has 4 aromatic rings. The molecule has 9 heteroatoms. The molecule has 0 aliphatic carbocycles. The molecule has 1 aliphatic heterocycles. The third kappa shape index (κ3) is 5.72. The molecule has 1 atom stereocenters. The molecule has 1 aromatic heterocycles. The van der Waals surface area contributed by atoms with Gasteiger partial charge in [-0.25, -0.2) is 4.79 Å². The van der Waals surface area contributed by atoms with Crippen LogP contribution in [0, 0.1) is 6.92 Å². The van der Waals surface area contributed by atoms with Crippen molar-refractivity contribution in [2.24, 2.45) is 0 Å². The lowest BCUT2D eigenvalue weighted by Gasteiger charge is -2.17.